The Hall–Kier alpha value is -0.920. The lowest BCUT2D eigenvalue weighted by Crippen LogP contribution is -2.19. The van der Waals surface area contributed by atoms with Gasteiger partial charge in [-0.2, -0.15) is 9.47 Å². The lowest BCUT2D eigenvalue weighted by Gasteiger charge is -2.08. The van der Waals surface area contributed by atoms with Crippen molar-refractivity contribution in [2.24, 2.45) is 13.0 Å². The lowest BCUT2D eigenvalue weighted by atomic mass is 10.2. The fourth-order valence-electron chi connectivity index (χ4n) is 2.00. The molecule has 0 aromatic carbocycles. The molecule has 21 heavy (non-hydrogen) atoms. The normalized spacial score (nSPS) is 11.5. The van der Waals surface area contributed by atoms with Crippen LogP contribution in [-0.4, -0.2) is 25.7 Å². The van der Waals surface area contributed by atoms with E-state index in [9.17, 15) is 0 Å². The third-order valence-corrected chi connectivity index (χ3v) is 5.09. The number of aryl methyl sites for hydroxylation is 3. The van der Waals surface area contributed by atoms with Crippen LogP contribution in [0.2, 0.25) is 0 Å². The highest BCUT2D eigenvalue weighted by Gasteiger charge is 2.16. The quantitative estimate of drug-likeness (QED) is 0.848. The van der Waals surface area contributed by atoms with E-state index >= 15 is 0 Å². The van der Waals surface area contributed by atoms with Crippen LogP contribution in [0.4, 0.5) is 0 Å². The van der Waals surface area contributed by atoms with Gasteiger partial charge in [-0.05, 0) is 42.7 Å². The van der Waals surface area contributed by atoms with Crippen LogP contribution in [-0.2, 0) is 20.0 Å². The summed E-state index contributed by atoms with van der Waals surface area (Å²) in [7, 11) is 1.99. The number of aromatic nitrogens is 4. The van der Waals surface area contributed by atoms with Gasteiger partial charge in [-0.15, -0.1) is 0 Å². The van der Waals surface area contributed by atoms with E-state index in [-0.39, 0.29) is 0 Å². The fraction of sp³-hybridized carbons (Fsp3) is 0.643. The second kappa shape index (κ2) is 7.38. The average molecular weight is 326 g/mol. The summed E-state index contributed by atoms with van der Waals surface area (Å²) in [6, 6.07) is 0. The van der Waals surface area contributed by atoms with Crippen molar-refractivity contribution in [3.8, 4) is 0 Å². The standard InChI is InChI=1S/C14H23N5S2/c1-6-12-16-14(21-18-12)20-13-11(8-15-7-9(2)3)10(4)17-19(13)5/h9,15H,6-8H2,1-5H3. The Morgan fingerprint density at radius 2 is 2.14 bits per heavy atom. The molecule has 0 atom stereocenters. The van der Waals surface area contributed by atoms with E-state index in [1.54, 1.807) is 11.8 Å². The van der Waals surface area contributed by atoms with Crippen molar-refractivity contribution >= 4 is 23.3 Å². The zero-order valence-electron chi connectivity index (χ0n) is 13.3. The summed E-state index contributed by atoms with van der Waals surface area (Å²) >= 11 is 3.13. The van der Waals surface area contributed by atoms with Gasteiger partial charge in [0.15, 0.2) is 4.34 Å². The van der Waals surface area contributed by atoms with Crippen LogP contribution in [0.1, 0.15) is 37.9 Å². The van der Waals surface area contributed by atoms with Gasteiger partial charge in [0.1, 0.15) is 10.9 Å². The predicted molar refractivity (Wildman–Crippen MR) is 87.9 cm³/mol. The zero-order valence-corrected chi connectivity index (χ0v) is 14.9. The molecule has 0 fully saturated rings. The van der Waals surface area contributed by atoms with Crippen LogP contribution in [0, 0.1) is 12.8 Å². The molecule has 2 aromatic heterocycles. The molecule has 0 bridgehead atoms. The van der Waals surface area contributed by atoms with Crippen molar-refractivity contribution < 1.29 is 0 Å². The van der Waals surface area contributed by atoms with E-state index in [4.69, 9.17) is 0 Å². The highest BCUT2D eigenvalue weighted by Crippen LogP contribution is 2.32. The zero-order chi connectivity index (χ0) is 15.4. The molecule has 2 rings (SSSR count). The molecule has 0 saturated heterocycles. The van der Waals surface area contributed by atoms with Crippen LogP contribution in [0.25, 0.3) is 0 Å². The minimum absolute atomic E-state index is 0.647. The van der Waals surface area contributed by atoms with Crippen LogP contribution < -0.4 is 5.32 Å². The van der Waals surface area contributed by atoms with Crippen molar-refractivity contribution in [3.63, 3.8) is 0 Å². The number of nitrogens with one attached hydrogen (secondary N) is 1. The van der Waals surface area contributed by atoms with E-state index in [1.165, 1.54) is 17.1 Å². The van der Waals surface area contributed by atoms with Crippen molar-refractivity contribution in [2.45, 2.75) is 50.0 Å². The minimum atomic E-state index is 0.647. The highest BCUT2D eigenvalue weighted by molar-refractivity contribution is 8.00. The third kappa shape index (κ3) is 4.28. The molecular weight excluding hydrogens is 302 g/mol. The van der Waals surface area contributed by atoms with Crippen LogP contribution in [0.5, 0.6) is 0 Å². The lowest BCUT2D eigenvalue weighted by molar-refractivity contribution is 0.548. The molecule has 2 aromatic rings. The summed E-state index contributed by atoms with van der Waals surface area (Å²) in [5, 5.41) is 9.20. The Morgan fingerprint density at radius 3 is 2.76 bits per heavy atom. The molecule has 116 valence electrons. The van der Waals surface area contributed by atoms with E-state index in [0.29, 0.717) is 5.92 Å². The Labute approximate surface area is 134 Å². The Balaban J connectivity index is 2.13. The van der Waals surface area contributed by atoms with Gasteiger partial charge in [-0.3, -0.25) is 4.68 Å². The van der Waals surface area contributed by atoms with Gasteiger partial charge in [0.05, 0.1) is 5.69 Å². The Morgan fingerprint density at radius 1 is 1.38 bits per heavy atom. The van der Waals surface area contributed by atoms with Gasteiger partial charge < -0.3 is 5.32 Å². The molecule has 7 heteroatoms. The first-order chi connectivity index (χ1) is 10.0. The molecule has 0 radical (unpaired) electrons. The largest absolute Gasteiger partial charge is 0.312 e. The van der Waals surface area contributed by atoms with Crippen LogP contribution >= 0.6 is 23.3 Å². The van der Waals surface area contributed by atoms with Crippen molar-refractivity contribution in [1.29, 1.82) is 0 Å². The maximum atomic E-state index is 4.54. The fourth-order valence-corrected chi connectivity index (χ4v) is 3.83. The molecule has 2 heterocycles. The van der Waals surface area contributed by atoms with E-state index in [1.807, 2.05) is 11.7 Å². The highest BCUT2D eigenvalue weighted by atomic mass is 32.2. The summed E-state index contributed by atoms with van der Waals surface area (Å²) in [6.45, 7) is 10.4. The second-order valence-corrected chi connectivity index (χ2v) is 7.44. The summed E-state index contributed by atoms with van der Waals surface area (Å²) in [6.07, 6.45) is 0.879. The first kappa shape index (κ1) is 16.5. The average Bonchev–Trinajstić information content (AvgIpc) is 2.98. The van der Waals surface area contributed by atoms with Crippen LogP contribution in [0.15, 0.2) is 9.37 Å². The molecule has 0 spiro atoms. The van der Waals surface area contributed by atoms with Crippen molar-refractivity contribution in [3.05, 3.63) is 17.1 Å². The third-order valence-electron chi connectivity index (χ3n) is 3.09. The summed E-state index contributed by atoms with van der Waals surface area (Å²) in [4.78, 5) is 4.53. The van der Waals surface area contributed by atoms with Gasteiger partial charge in [-0.25, -0.2) is 4.98 Å². The first-order valence-corrected chi connectivity index (χ1v) is 8.83. The minimum Gasteiger partial charge on any atom is -0.312 e. The van der Waals surface area contributed by atoms with Crippen molar-refractivity contribution in [2.75, 3.05) is 6.54 Å². The molecule has 0 aliphatic heterocycles. The molecule has 0 aliphatic rings. The Bertz CT molecular complexity index is 588. The SMILES string of the molecule is CCc1nsc(Sc2c(CNCC(C)C)c(C)nn2C)n1. The van der Waals surface area contributed by atoms with E-state index in [0.717, 1.165) is 40.4 Å². The van der Waals surface area contributed by atoms with E-state index in [2.05, 4.69) is 47.5 Å². The van der Waals surface area contributed by atoms with Gasteiger partial charge >= 0.3 is 0 Å². The molecule has 0 saturated carbocycles. The molecule has 1 N–H and O–H groups in total. The van der Waals surface area contributed by atoms with E-state index < -0.39 is 0 Å². The summed E-state index contributed by atoms with van der Waals surface area (Å²) in [5.41, 5.74) is 2.34. The maximum Gasteiger partial charge on any atom is 0.176 e. The smallest absolute Gasteiger partial charge is 0.176 e. The number of hydrogen-bond acceptors (Lipinski definition) is 6. The Kier molecular flexibility index (Phi) is 5.78. The number of hydrogen-bond donors (Lipinski definition) is 1. The molecular formula is C14H23N5S2. The van der Waals surface area contributed by atoms with Crippen LogP contribution in [0.3, 0.4) is 0 Å². The topological polar surface area (TPSA) is 55.6 Å². The van der Waals surface area contributed by atoms with Gasteiger partial charge in [0.2, 0.25) is 0 Å². The molecule has 0 amide bonds. The number of nitrogens with zero attached hydrogens (tertiary/aromatic N) is 4. The summed E-state index contributed by atoms with van der Waals surface area (Å²) < 4.78 is 7.28. The number of rotatable bonds is 7. The maximum absolute atomic E-state index is 4.54. The second-order valence-electron chi connectivity index (χ2n) is 5.45. The molecule has 0 unspecified atom stereocenters. The van der Waals surface area contributed by atoms with Crippen molar-refractivity contribution in [1.82, 2.24) is 24.5 Å². The monoisotopic (exact) mass is 325 g/mol. The summed E-state index contributed by atoms with van der Waals surface area (Å²) in [5.74, 6) is 1.56. The van der Waals surface area contributed by atoms with Gasteiger partial charge in [0, 0.05) is 25.6 Å². The molecule has 0 aliphatic carbocycles. The first-order valence-electron chi connectivity index (χ1n) is 7.24. The van der Waals surface area contributed by atoms with Gasteiger partial charge in [-0.1, -0.05) is 20.8 Å². The molecule has 5 nitrogen and oxygen atoms in total. The van der Waals surface area contributed by atoms with Gasteiger partial charge in [0.25, 0.3) is 0 Å². The predicted octanol–water partition coefficient (Wildman–Crippen LogP) is 3.04.